The van der Waals surface area contributed by atoms with Gasteiger partial charge in [-0.1, -0.05) is 0 Å². The summed E-state index contributed by atoms with van der Waals surface area (Å²) in [5.41, 5.74) is 1.19. The van der Waals surface area contributed by atoms with Crippen LogP contribution in [0.4, 0.5) is 0 Å². The predicted octanol–water partition coefficient (Wildman–Crippen LogP) is 1.29. The van der Waals surface area contributed by atoms with E-state index < -0.39 is 0 Å². The van der Waals surface area contributed by atoms with E-state index in [-0.39, 0.29) is 12.0 Å². The van der Waals surface area contributed by atoms with Gasteiger partial charge in [-0.25, -0.2) is 0 Å². The highest BCUT2D eigenvalue weighted by atomic mass is 16.5. The minimum Gasteiger partial charge on any atom is -0.368 e. The molecule has 5 heteroatoms. The van der Waals surface area contributed by atoms with Crippen LogP contribution in [-0.4, -0.2) is 46.8 Å². The van der Waals surface area contributed by atoms with Gasteiger partial charge in [0.15, 0.2) is 0 Å². The number of amides is 1. The molecular weight excluding hydrogens is 230 g/mol. The van der Waals surface area contributed by atoms with E-state index in [1.165, 1.54) is 5.69 Å². The molecule has 2 fully saturated rings. The Morgan fingerprint density at radius 3 is 2.83 bits per heavy atom. The van der Waals surface area contributed by atoms with Gasteiger partial charge in [-0.2, -0.15) is 5.10 Å². The van der Waals surface area contributed by atoms with Crippen LogP contribution >= 0.6 is 0 Å². The van der Waals surface area contributed by atoms with Crippen molar-refractivity contribution in [3.8, 4) is 0 Å². The van der Waals surface area contributed by atoms with Crippen molar-refractivity contribution in [1.82, 2.24) is 15.1 Å². The van der Waals surface area contributed by atoms with Crippen LogP contribution in [0, 0.1) is 0 Å². The number of rotatable bonds is 2. The molecule has 1 amide bonds. The molecule has 98 valence electrons. The summed E-state index contributed by atoms with van der Waals surface area (Å²) in [5.74, 6) is 0.705. The number of nitrogens with zero attached hydrogens (tertiary/aromatic N) is 2. The predicted molar refractivity (Wildman–Crippen MR) is 66.1 cm³/mol. The molecular formula is C13H19N3O2. The van der Waals surface area contributed by atoms with Gasteiger partial charge in [-0.3, -0.25) is 9.89 Å². The maximum Gasteiger partial charge on any atom is 0.251 e. The summed E-state index contributed by atoms with van der Waals surface area (Å²) in [6.07, 6.45) is 5.55. The van der Waals surface area contributed by atoms with Crippen LogP contribution in [0.15, 0.2) is 12.3 Å². The van der Waals surface area contributed by atoms with Crippen molar-refractivity contribution in [3.05, 3.63) is 18.0 Å². The number of aromatic amines is 1. The van der Waals surface area contributed by atoms with Crippen LogP contribution in [-0.2, 0) is 9.53 Å². The molecule has 0 bridgehead atoms. The second-order valence-corrected chi connectivity index (χ2v) is 5.11. The summed E-state index contributed by atoms with van der Waals surface area (Å²) in [5, 5.41) is 7.02. The highest BCUT2D eigenvalue weighted by Crippen LogP contribution is 2.27. The maximum absolute atomic E-state index is 12.2. The van der Waals surface area contributed by atoms with Crippen LogP contribution in [0.5, 0.6) is 0 Å². The fourth-order valence-corrected chi connectivity index (χ4v) is 2.88. The first-order chi connectivity index (χ1) is 8.84. The monoisotopic (exact) mass is 249 g/mol. The number of carbonyl (C=O) groups excluding carboxylic acids is 1. The molecule has 1 aromatic heterocycles. The topological polar surface area (TPSA) is 58.2 Å². The van der Waals surface area contributed by atoms with Crippen molar-refractivity contribution < 1.29 is 9.53 Å². The molecule has 1 atom stereocenters. The van der Waals surface area contributed by atoms with Gasteiger partial charge in [0, 0.05) is 37.5 Å². The second-order valence-electron chi connectivity index (χ2n) is 5.11. The van der Waals surface area contributed by atoms with Crippen LogP contribution in [0.2, 0.25) is 0 Å². The van der Waals surface area contributed by atoms with Crippen LogP contribution in [0.3, 0.4) is 0 Å². The number of piperidine rings is 1. The van der Waals surface area contributed by atoms with E-state index in [0.29, 0.717) is 5.92 Å². The lowest BCUT2D eigenvalue weighted by Gasteiger charge is -2.32. The van der Waals surface area contributed by atoms with E-state index in [9.17, 15) is 4.79 Å². The highest BCUT2D eigenvalue weighted by molar-refractivity contribution is 5.81. The molecule has 0 spiro atoms. The molecule has 3 rings (SSSR count). The van der Waals surface area contributed by atoms with Crippen LogP contribution < -0.4 is 0 Å². The maximum atomic E-state index is 12.2. The quantitative estimate of drug-likeness (QED) is 0.859. The van der Waals surface area contributed by atoms with E-state index >= 15 is 0 Å². The highest BCUT2D eigenvalue weighted by Gasteiger charge is 2.31. The van der Waals surface area contributed by atoms with E-state index in [1.54, 1.807) is 6.20 Å². The second kappa shape index (κ2) is 5.10. The van der Waals surface area contributed by atoms with Gasteiger partial charge in [-0.15, -0.1) is 0 Å². The Labute approximate surface area is 107 Å². The van der Waals surface area contributed by atoms with Crippen molar-refractivity contribution in [1.29, 1.82) is 0 Å². The molecule has 18 heavy (non-hydrogen) atoms. The summed E-state index contributed by atoms with van der Waals surface area (Å²) < 4.78 is 5.46. The lowest BCUT2D eigenvalue weighted by Crippen LogP contribution is -2.43. The van der Waals surface area contributed by atoms with Crippen LogP contribution in [0.1, 0.15) is 37.3 Å². The molecule has 1 N–H and O–H groups in total. The third-order valence-electron chi connectivity index (χ3n) is 3.97. The molecule has 2 aliphatic heterocycles. The Hall–Kier alpha value is -1.36. The first-order valence-electron chi connectivity index (χ1n) is 6.74. The van der Waals surface area contributed by atoms with E-state index in [2.05, 4.69) is 10.2 Å². The number of aromatic nitrogens is 2. The van der Waals surface area contributed by atoms with Crippen molar-refractivity contribution in [2.24, 2.45) is 0 Å². The zero-order valence-corrected chi connectivity index (χ0v) is 10.5. The Kier molecular flexibility index (Phi) is 3.32. The molecule has 0 aromatic carbocycles. The minimum atomic E-state index is -0.172. The van der Waals surface area contributed by atoms with Crippen molar-refractivity contribution in [2.75, 3.05) is 19.7 Å². The first-order valence-corrected chi connectivity index (χ1v) is 6.74. The van der Waals surface area contributed by atoms with Gasteiger partial charge in [0.05, 0.1) is 0 Å². The van der Waals surface area contributed by atoms with Gasteiger partial charge >= 0.3 is 0 Å². The lowest BCUT2D eigenvalue weighted by molar-refractivity contribution is -0.142. The number of ether oxygens (including phenoxy) is 1. The molecule has 0 unspecified atom stereocenters. The number of carbonyl (C=O) groups is 1. The minimum absolute atomic E-state index is 0.172. The summed E-state index contributed by atoms with van der Waals surface area (Å²) >= 11 is 0. The summed E-state index contributed by atoms with van der Waals surface area (Å²) in [6, 6.07) is 2.03. The van der Waals surface area contributed by atoms with E-state index in [1.807, 2.05) is 11.0 Å². The molecule has 0 radical (unpaired) electrons. The number of H-pyrrole nitrogens is 1. The molecule has 5 nitrogen and oxygen atoms in total. The van der Waals surface area contributed by atoms with Gasteiger partial charge in [0.25, 0.3) is 5.91 Å². The third kappa shape index (κ3) is 2.27. The normalized spacial score (nSPS) is 25.6. The largest absolute Gasteiger partial charge is 0.368 e. The first kappa shape index (κ1) is 11.7. The molecule has 3 heterocycles. The average Bonchev–Trinajstić information content (AvgIpc) is 3.11. The van der Waals surface area contributed by atoms with Crippen molar-refractivity contribution in [3.63, 3.8) is 0 Å². The van der Waals surface area contributed by atoms with Crippen LogP contribution in [0.25, 0.3) is 0 Å². The number of hydrogen-bond acceptors (Lipinski definition) is 3. The fourth-order valence-electron chi connectivity index (χ4n) is 2.88. The Balaban J connectivity index is 1.55. The smallest absolute Gasteiger partial charge is 0.251 e. The zero-order chi connectivity index (χ0) is 12.4. The third-order valence-corrected chi connectivity index (χ3v) is 3.97. The van der Waals surface area contributed by atoms with Crippen molar-refractivity contribution >= 4 is 5.91 Å². The Morgan fingerprint density at radius 2 is 2.22 bits per heavy atom. The fraction of sp³-hybridized carbons (Fsp3) is 0.692. The summed E-state index contributed by atoms with van der Waals surface area (Å²) in [7, 11) is 0. The van der Waals surface area contributed by atoms with Gasteiger partial charge in [0.2, 0.25) is 0 Å². The Morgan fingerprint density at radius 1 is 1.39 bits per heavy atom. The lowest BCUT2D eigenvalue weighted by atomic mass is 9.93. The molecule has 0 aliphatic carbocycles. The molecule has 2 aliphatic rings. The molecule has 2 saturated heterocycles. The van der Waals surface area contributed by atoms with E-state index in [0.717, 1.165) is 45.4 Å². The van der Waals surface area contributed by atoms with Crippen molar-refractivity contribution in [2.45, 2.75) is 37.7 Å². The summed E-state index contributed by atoms with van der Waals surface area (Å²) in [6.45, 7) is 2.41. The zero-order valence-electron chi connectivity index (χ0n) is 10.5. The van der Waals surface area contributed by atoms with Gasteiger partial charge in [0.1, 0.15) is 6.10 Å². The Bertz CT molecular complexity index is 390. The SMILES string of the molecule is O=C([C@@H]1CCCO1)N1CCC(c2ccn[nH]2)CC1. The summed E-state index contributed by atoms with van der Waals surface area (Å²) in [4.78, 5) is 14.1. The molecule has 0 saturated carbocycles. The number of hydrogen-bond donors (Lipinski definition) is 1. The van der Waals surface area contributed by atoms with E-state index in [4.69, 9.17) is 4.74 Å². The number of nitrogens with one attached hydrogen (secondary N) is 1. The number of likely N-dealkylation sites (tertiary alicyclic amines) is 1. The standard InChI is InChI=1S/C13H19N3O2/c17-13(12-2-1-9-18-12)16-7-4-10(5-8-16)11-3-6-14-15-11/h3,6,10,12H,1-2,4-5,7-9H2,(H,14,15)/t12-/m0/s1. The average molecular weight is 249 g/mol. The van der Waals surface area contributed by atoms with Gasteiger partial charge < -0.3 is 9.64 Å². The van der Waals surface area contributed by atoms with Gasteiger partial charge in [-0.05, 0) is 31.7 Å². The molecule has 1 aromatic rings.